The van der Waals surface area contributed by atoms with E-state index in [1.54, 1.807) is 4.52 Å². The SMILES string of the molecule is Cc1cc2ncc(-c3cccc4ccccc34)c(N)n2n1. The normalized spacial score (nSPS) is 11.3. The maximum absolute atomic E-state index is 6.32. The number of hydrogen-bond acceptors (Lipinski definition) is 3. The van der Waals surface area contributed by atoms with Crippen LogP contribution in [0.5, 0.6) is 0 Å². The summed E-state index contributed by atoms with van der Waals surface area (Å²) in [4.78, 5) is 4.47. The Labute approximate surface area is 121 Å². The Morgan fingerprint density at radius 1 is 1.00 bits per heavy atom. The third kappa shape index (κ3) is 1.76. The molecule has 2 aromatic carbocycles. The number of hydrogen-bond donors (Lipinski definition) is 1. The van der Waals surface area contributed by atoms with Gasteiger partial charge in [0.25, 0.3) is 0 Å². The summed E-state index contributed by atoms with van der Waals surface area (Å²) in [7, 11) is 0. The van der Waals surface area contributed by atoms with E-state index in [1.807, 2.05) is 37.4 Å². The Hall–Kier alpha value is -2.88. The molecule has 2 N–H and O–H groups in total. The van der Waals surface area contributed by atoms with Crippen molar-refractivity contribution in [1.29, 1.82) is 0 Å². The Morgan fingerprint density at radius 2 is 1.81 bits per heavy atom. The van der Waals surface area contributed by atoms with Gasteiger partial charge in [0.05, 0.1) is 5.69 Å². The Balaban J connectivity index is 2.06. The minimum atomic E-state index is 0.615. The van der Waals surface area contributed by atoms with Crippen molar-refractivity contribution in [1.82, 2.24) is 14.6 Å². The highest BCUT2D eigenvalue weighted by molar-refractivity contribution is 5.98. The fourth-order valence-electron chi connectivity index (χ4n) is 2.73. The molecule has 21 heavy (non-hydrogen) atoms. The van der Waals surface area contributed by atoms with Gasteiger partial charge >= 0.3 is 0 Å². The smallest absolute Gasteiger partial charge is 0.157 e. The molecule has 0 bridgehead atoms. The molecule has 2 heterocycles. The van der Waals surface area contributed by atoms with E-state index in [9.17, 15) is 0 Å². The topological polar surface area (TPSA) is 56.2 Å². The second kappa shape index (κ2) is 4.31. The van der Waals surface area contributed by atoms with Crippen molar-refractivity contribution in [3.8, 4) is 11.1 Å². The third-order valence-corrected chi connectivity index (χ3v) is 3.72. The molecule has 4 aromatic rings. The van der Waals surface area contributed by atoms with Crippen LogP contribution in [0.1, 0.15) is 5.69 Å². The van der Waals surface area contributed by atoms with Gasteiger partial charge in [-0.2, -0.15) is 9.61 Å². The van der Waals surface area contributed by atoms with Gasteiger partial charge < -0.3 is 5.73 Å². The minimum Gasteiger partial charge on any atom is -0.383 e. The lowest BCUT2D eigenvalue weighted by Crippen LogP contribution is -2.02. The standard InChI is InChI=1S/C17H14N4/c1-11-9-16-19-10-15(17(18)21(16)20-11)14-8-4-6-12-5-2-3-7-13(12)14/h2-10H,18H2,1H3. The van der Waals surface area contributed by atoms with Gasteiger partial charge in [-0.25, -0.2) is 4.98 Å². The maximum atomic E-state index is 6.32. The lowest BCUT2D eigenvalue weighted by Gasteiger charge is -2.10. The molecule has 0 aliphatic heterocycles. The van der Waals surface area contributed by atoms with Crippen LogP contribution < -0.4 is 5.73 Å². The predicted octanol–water partition coefficient (Wildman–Crippen LogP) is 3.44. The molecule has 0 saturated carbocycles. The molecule has 4 heteroatoms. The third-order valence-electron chi connectivity index (χ3n) is 3.72. The number of benzene rings is 2. The van der Waals surface area contributed by atoms with Crippen LogP contribution in [0.4, 0.5) is 5.82 Å². The Bertz CT molecular complexity index is 964. The van der Waals surface area contributed by atoms with Crippen LogP contribution in [0.2, 0.25) is 0 Å². The van der Waals surface area contributed by atoms with Gasteiger partial charge in [0.2, 0.25) is 0 Å². The molecule has 4 rings (SSSR count). The molecule has 2 aromatic heterocycles. The van der Waals surface area contributed by atoms with E-state index in [4.69, 9.17) is 5.73 Å². The first kappa shape index (κ1) is 11.9. The average Bonchev–Trinajstić information content (AvgIpc) is 2.89. The van der Waals surface area contributed by atoms with Crippen molar-refractivity contribution < 1.29 is 0 Å². The van der Waals surface area contributed by atoms with Crippen LogP contribution in [0.3, 0.4) is 0 Å². The van der Waals surface area contributed by atoms with Gasteiger partial charge in [-0.05, 0) is 23.3 Å². The molecule has 0 aliphatic carbocycles. The number of nitrogens with two attached hydrogens (primary N) is 1. The number of nitrogen functional groups attached to an aromatic ring is 1. The van der Waals surface area contributed by atoms with Gasteiger partial charge in [0.1, 0.15) is 5.82 Å². The number of fused-ring (bicyclic) bond motifs is 2. The average molecular weight is 274 g/mol. The summed E-state index contributed by atoms with van der Waals surface area (Å²) in [5.74, 6) is 0.615. The summed E-state index contributed by atoms with van der Waals surface area (Å²) in [6, 6.07) is 16.4. The predicted molar refractivity (Wildman–Crippen MR) is 85.1 cm³/mol. The summed E-state index contributed by atoms with van der Waals surface area (Å²) in [5, 5.41) is 6.76. The zero-order valence-corrected chi connectivity index (χ0v) is 11.6. The summed E-state index contributed by atoms with van der Waals surface area (Å²) < 4.78 is 1.70. The van der Waals surface area contributed by atoms with E-state index >= 15 is 0 Å². The van der Waals surface area contributed by atoms with Gasteiger partial charge in [0, 0.05) is 17.8 Å². The number of nitrogens with zero attached hydrogens (tertiary/aromatic N) is 3. The van der Waals surface area contributed by atoms with Crippen LogP contribution >= 0.6 is 0 Å². The second-order valence-electron chi connectivity index (χ2n) is 5.14. The molecule has 0 amide bonds. The highest BCUT2D eigenvalue weighted by atomic mass is 15.3. The molecule has 4 nitrogen and oxygen atoms in total. The van der Waals surface area contributed by atoms with Crippen LogP contribution in [-0.4, -0.2) is 14.6 Å². The zero-order valence-electron chi connectivity index (χ0n) is 11.6. The van der Waals surface area contributed by atoms with Gasteiger partial charge in [-0.3, -0.25) is 0 Å². The molecule has 0 saturated heterocycles. The molecule has 102 valence electrons. The summed E-state index contributed by atoms with van der Waals surface area (Å²) in [6.07, 6.45) is 1.83. The van der Waals surface area contributed by atoms with Gasteiger partial charge in [-0.15, -0.1) is 0 Å². The van der Waals surface area contributed by atoms with Gasteiger partial charge in [0.15, 0.2) is 5.65 Å². The van der Waals surface area contributed by atoms with Crippen molar-refractivity contribution in [2.75, 3.05) is 5.73 Å². The van der Waals surface area contributed by atoms with Crippen molar-refractivity contribution in [2.45, 2.75) is 6.92 Å². The Morgan fingerprint density at radius 3 is 2.71 bits per heavy atom. The number of rotatable bonds is 1. The fraction of sp³-hybridized carbons (Fsp3) is 0.0588. The summed E-state index contributed by atoms with van der Waals surface area (Å²) in [5.41, 5.74) is 9.98. The molecule has 0 fully saturated rings. The lowest BCUT2D eigenvalue weighted by molar-refractivity contribution is 0.930. The fourth-order valence-corrected chi connectivity index (χ4v) is 2.73. The molecule has 0 aliphatic rings. The van der Waals surface area contributed by atoms with Crippen molar-refractivity contribution in [3.05, 3.63) is 60.4 Å². The summed E-state index contributed by atoms with van der Waals surface area (Å²) in [6.45, 7) is 1.94. The summed E-state index contributed by atoms with van der Waals surface area (Å²) >= 11 is 0. The highest BCUT2D eigenvalue weighted by Gasteiger charge is 2.11. The molecule has 0 radical (unpaired) electrons. The van der Waals surface area contributed by atoms with Gasteiger partial charge in [-0.1, -0.05) is 42.5 Å². The van der Waals surface area contributed by atoms with E-state index in [0.717, 1.165) is 27.9 Å². The zero-order chi connectivity index (χ0) is 14.4. The number of anilines is 1. The Kier molecular flexibility index (Phi) is 2.44. The molecular formula is C17H14N4. The molecule has 0 atom stereocenters. The van der Waals surface area contributed by atoms with Crippen LogP contribution in [0.25, 0.3) is 27.5 Å². The quantitative estimate of drug-likeness (QED) is 0.578. The second-order valence-corrected chi connectivity index (χ2v) is 5.14. The minimum absolute atomic E-state index is 0.615. The molecule has 0 spiro atoms. The number of aryl methyl sites for hydroxylation is 1. The first-order chi connectivity index (χ1) is 10.2. The van der Waals surface area contributed by atoms with E-state index in [-0.39, 0.29) is 0 Å². The van der Waals surface area contributed by atoms with Crippen LogP contribution in [0.15, 0.2) is 54.7 Å². The largest absolute Gasteiger partial charge is 0.383 e. The lowest BCUT2D eigenvalue weighted by atomic mass is 10.00. The van der Waals surface area contributed by atoms with E-state index in [1.165, 1.54) is 5.39 Å². The number of aromatic nitrogens is 3. The molecular weight excluding hydrogens is 260 g/mol. The van der Waals surface area contributed by atoms with E-state index in [2.05, 4.69) is 34.3 Å². The maximum Gasteiger partial charge on any atom is 0.157 e. The van der Waals surface area contributed by atoms with E-state index < -0.39 is 0 Å². The highest BCUT2D eigenvalue weighted by Crippen LogP contribution is 2.32. The molecule has 0 unspecified atom stereocenters. The van der Waals surface area contributed by atoms with Crippen molar-refractivity contribution in [2.24, 2.45) is 0 Å². The van der Waals surface area contributed by atoms with E-state index in [0.29, 0.717) is 5.82 Å². The van der Waals surface area contributed by atoms with Crippen LogP contribution in [0, 0.1) is 6.92 Å². The first-order valence-electron chi connectivity index (χ1n) is 6.83. The monoisotopic (exact) mass is 274 g/mol. The van der Waals surface area contributed by atoms with Crippen molar-refractivity contribution in [3.63, 3.8) is 0 Å². The van der Waals surface area contributed by atoms with Crippen molar-refractivity contribution >= 4 is 22.2 Å². The first-order valence-corrected chi connectivity index (χ1v) is 6.83. The van der Waals surface area contributed by atoms with Crippen LogP contribution in [-0.2, 0) is 0 Å².